The van der Waals surface area contributed by atoms with Crippen LogP contribution in [-0.2, 0) is 9.84 Å². The van der Waals surface area contributed by atoms with Crippen LogP contribution >= 0.6 is 0 Å². The topological polar surface area (TPSA) is 54.4 Å². The van der Waals surface area contributed by atoms with E-state index in [1.807, 2.05) is 6.92 Å². The van der Waals surface area contributed by atoms with Crippen LogP contribution in [0.25, 0.3) is 0 Å². The average Bonchev–Trinajstić information content (AvgIpc) is 2.48. The van der Waals surface area contributed by atoms with Crippen molar-refractivity contribution in [1.82, 2.24) is 0 Å². The van der Waals surface area contributed by atoms with E-state index in [1.54, 1.807) is 0 Å². The molecule has 1 aliphatic rings. The summed E-state index contributed by atoms with van der Waals surface area (Å²) in [6, 6.07) is 0. The molecular formula is C10H20O3S. The third-order valence-electron chi connectivity index (χ3n) is 2.87. The van der Waals surface area contributed by atoms with Gasteiger partial charge in [0.25, 0.3) is 0 Å². The van der Waals surface area contributed by atoms with E-state index in [0.717, 1.165) is 25.7 Å². The first-order chi connectivity index (χ1) is 6.53. The lowest BCUT2D eigenvalue weighted by atomic mass is 10.1. The van der Waals surface area contributed by atoms with Gasteiger partial charge in [0.2, 0.25) is 0 Å². The maximum absolute atomic E-state index is 11.4. The summed E-state index contributed by atoms with van der Waals surface area (Å²) in [5.74, 6) is 1.04. The van der Waals surface area contributed by atoms with Crippen molar-refractivity contribution in [3.63, 3.8) is 0 Å². The predicted octanol–water partition coefficient (Wildman–Crippen LogP) is 1.36. The molecule has 3 nitrogen and oxygen atoms in total. The Morgan fingerprint density at radius 1 is 1.29 bits per heavy atom. The first-order valence-corrected chi connectivity index (χ1v) is 7.24. The molecule has 1 saturated carbocycles. The second-order valence-electron chi connectivity index (χ2n) is 4.27. The highest BCUT2D eigenvalue weighted by Crippen LogP contribution is 2.28. The second-order valence-corrected chi connectivity index (χ2v) is 6.58. The molecule has 0 radical (unpaired) electrons. The Kier molecular flexibility index (Phi) is 4.38. The van der Waals surface area contributed by atoms with E-state index >= 15 is 0 Å². The second kappa shape index (κ2) is 5.12. The summed E-state index contributed by atoms with van der Waals surface area (Å²) >= 11 is 0. The van der Waals surface area contributed by atoms with Gasteiger partial charge in [-0.1, -0.05) is 6.92 Å². The van der Waals surface area contributed by atoms with Crippen LogP contribution in [-0.4, -0.2) is 31.1 Å². The molecule has 1 rings (SSSR count). The monoisotopic (exact) mass is 220 g/mol. The van der Waals surface area contributed by atoms with Crippen LogP contribution in [0.2, 0.25) is 0 Å². The first kappa shape index (κ1) is 12.0. The summed E-state index contributed by atoms with van der Waals surface area (Å²) < 4.78 is 22.8. The molecule has 0 saturated heterocycles. The van der Waals surface area contributed by atoms with E-state index in [4.69, 9.17) is 0 Å². The quantitative estimate of drug-likeness (QED) is 0.761. The Morgan fingerprint density at radius 3 is 2.50 bits per heavy atom. The maximum atomic E-state index is 11.4. The Morgan fingerprint density at radius 2 is 2.00 bits per heavy atom. The molecule has 14 heavy (non-hydrogen) atoms. The minimum absolute atomic E-state index is 0.186. The van der Waals surface area contributed by atoms with Crippen molar-refractivity contribution in [3.05, 3.63) is 0 Å². The van der Waals surface area contributed by atoms with E-state index in [2.05, 4.69) is 0 Å². The molecule has 2 unspecified atom stereocenters. The largest absolute Gasteiger partial charge is 0.393 e. The number of sulfone groups is 1. The lowest BCUT2D eigenvalue weighted by molar-refractivity contribution is 0.177. The van der Waals surface area contributed by atoms with Crippen LogP contribution in [0.4, 0.5) is 0 Å². The molecule has 0 bridgehead atoms. The third kappa shape index (κ3) is 3.96. The smallest absolute Gasteiger partial charge is 0.150 e. The van der Waals surface area contributed by atoms with E-state index in [1.165, 1.54) is 0 Å². The van der Waals surface area contributed by atoms with Crippen molar-refractivity contribution >= 4 is 9.84 Å². The molecule has 1 aliphatic carbocycles. The van der Waals surface area contributed by atoms with Crippen LogP contribution in [0.3, 0.4) is 0 Å². The van der Waals surface area contributed by atoms with Gasteiger partial charge in [-0.25, -0.2) is 8.42 Å². The van der Waals surface area contributed by atoms with E-state index < -0.39 is 9.84 Å². The van der Waals surface area contributed by atoms with Gasteiger partial charge >= 0.3 is 0 Å². The number of rotatable bonds is 5. The van der Waals surface area contributed by atoms with Gasteiger partial charge in [0.15, 0.2) is 0 Å². The van der Waals surface area contributed by atoms with Gasteiger partial charge in [0.05, 0.1) is 11.9 Å². The summed E-state index contributed by atoms with van der Waals surface area (Å²) in [6.07, 6.45) is 3.88. The van der Waals surface area contributed by atoms with E-state index in [0.29, 0.717) is 23.8 Å². The standard InChI is InChI=1S/C10H20O3S/c1-2-6-14(12,13)7-5-9-3-4-10(11)8-9/h9-11H,2-8H2,1H3. The molecule has 1 fully saturated rings. The summed E-state index contributed by atoms with van der Waals surface area (Å²) in [6.45, 7) is 1.89. The Hall–Kier alpha value is -0.0900. The van der Waals surface area contributed by atoms with Gasteiger partial charge in [-0.15, -0.1) is 0 Å². The zero-order valence-corrected chi connectivity index (χ0v) is 9.59. The van der Waals surface area contributed by atoms with Gasteiger partial charge in [0, 0.05) is 5.75 Å². The Labute approximate surface area is 86.4 Å². The highest BCUT2D eigenvalue weighted by atomic mass is 32.2. The van der Waals surface area contributed by atoms with Gasteiger partial charge in [-0.05, 0) is 38.0 Å². The van der Waals surface area contributed by atoms with Gasteiger partial charge in [-0.2, -0.15) is 0 Å². The van der Waals surface area contributed by atoms with Crippen molar-refractivity contribution in [1.29, 1.82) is 0 Å². The summed E-state index contributed by atoms with van der Waals surface area (Å²) in [5.41, 5.74) is 0. The van der Waals surface area contributed by atoms with Gasteiger partial charge < -0.3 is 5.11 Å². The van der Waals surface area contributed by atoms with Crippen LogP contribution in [0.1, 0.15) is 39.0 Å². The molecule has 0 spiro atoms. The van der Waals surface area contributed by atoms with Gasteiger partial charge in [0.1, 0.15) is 9.84 Å². The molecule has 0 heterocycles. The molecule has 0 amide bonds. The predicted molar refractivity (Wildman–Crippen MR) is 56.9 cm³/mol. The number of hydrogen-bond acceptors (Lipinski definition) is 3. The molecule has 0 aliphatic heterocycles. The zero-order valence-electron chi connectivity index (χ0n) is 8.78. The summed E-state index contributed by atoms with van der Waals surface area (Å²) in [7, 11) is -2.82. The van der Waals surface area contributed by atoms with E-state index in [-0.39, 0.29) is 6.10 Å². The van der Waals surface area contributed by atoms with Crippen molar-refractivity contribution in [2.24, 2.45) is 5.92 Å². The number of aliphatic hydroxyl groups excluding tert-OH is 1. The van der Waals surface area contributed by atoms with E-state index in [9.17, 15) is 13.5 Å². The molecule has 0 aromatic heterocycles. The third-order valence-corrected chi connectivity index (χ3v) is 4.75. The molecule has 0 aromatic carbocycles. The molecule has 2 atom stereocenters. The fraction of sp³-hybridized carbons (Fsp3) is 1.00. The number of aliphatic hydroxyl groups is 1. The Balaban J connectivity index is 2.26. The lowest BCUT2D eigenvalue weighted by Crippen LogP contribution is -2.13. The summed E-state index contributed by atoms with van der Waals surface area (Å²) in [5, 5.41) is 9.28. The van der Waals surface area contributed by atoms with Crippen molar-refractivity contribution in [3.8, 4) is 0 Å². The normalized spacial score (nSPS) is 28.1. The summed E-state index contributed by atoms with van der Waals surface area (Å²) in [4.78, 5) is 0. The Bertz CT molecular complexity index is 259. The van der Waals surface area contributed by atoms with Crippen molar-refractivity contribution < 1.29 is 13.5 Å². The van der Waals surface area contributed by atoms with Crippen LogP contribution in [0.5, 0.6) is 0 Å². The minimum atomic E-state index is -2.82. The SMILES string of the molecule is CCCS(=O)(=O)CCC1CCC(O)C1. The van der Waals surface area contributed by atoms with Crippen molar-refractivity contribution in [2.75, 3.05) is 11.5 Å². The minimum Gasteiger partial charge on any atom is -0.393 e. The van der Waals surface area contributed by atoms with Gasteiger partial charge in [-0.3, -0.25) is 0 Å². The van der Waals surface area contributed by atoms with Crippen molar-refractivity contribution in [2.45, 2.75) is 45.1 Å². The molecule has 1 N–H and O–H groups in total. The highest BCUT2D eigenvalue weighted by Gasteiger charge is 2.24. The molecule has 4 heteroatoms. The highest BCUT2D eigenvalue weighted by molar-refractivity contribution is 7.91. The molecule has 0 aromatic rings. The zero-order chi connectivity index (χ0) is 10.6. The number of hydrogen-bond donors (Lipinski definition) is 1. The molecule has 84 valence electrons. The lowest BCUT2D eigenvalue weighted by Gasteiger charge is -2.08. The average molecular weight is 220 g/mol. The molecular weight excluding hydrogens is 200 g/mol. The maximum Gasteiger partial charge on any atom is 0.150 e. The first-order valence-electron chi connectivity index (χ1n) is 5.42. The fourth-order valence-corrected chi connectivity index (χ4v) is 3.59. The van der Waals surface area contributed by atoms with Crippen LogP contribution in [0, 0.1) is 5.92 Å². The van der Waals surface area contributed by atoms with Crippen LogP contribution in [0.15, 0.2) is 0 Å². The van der Waals surface area contributed by atoms with Crippen LogP contribution < -0.4 is 0 Å². The fourth-order valence-electron chi connectivity index (χ4n) is 2.07.